The van der Waals surface area contributed by atoms with E-state index in [1.165, 1.54) is 0 Å². The Bertz CT molecular complexity index is 351. The van der Waals surface area contributed by atoms with Gasteiger partial charge >= 0.3 is 0 Å². The topological polar surface area (TPSA) is 57.6 Å². The Morgan fingerprint density at radius 2 is 2.26 bits per heavy atom. The van der Waals surface area contributed by atoms with E-state index < -0.39 is 0 Å². The van der Waals surface area contributed by atoms with Crippen LogP contribution < -0.4 is 10.1 Å². The molecule has 1 atom stereocenters. The molecule has 2 N–H and O–H groups in total. The van der Waals surface area contributed by atoms with Gasteiger partial charge in [-0.1, -0.05) is 6.07 Å². The Kier molecular flexibility index (Phi) is 5.57. The number of hydrogen-bond acceptors (Lipinski definition) is 5. The van der Waals surface area contributed by atoms with Crippen molar-refractivity contribution in [3.63, 3.8) is 0 Å². The molecule has 2 heterocycles. The predicted octanol–water partition coefficient (Wildman–Crippen LogP) is 0.853. The largest absolute Gasteiger partial charge is 0.476 e. The second-order valence-corrected chi connectivity index (χ2v) is 4.91. The molecular weight excluding hydrogens is 242 g/mol. The summed E-state index contributed by atoms with van der Waals surface area (Å²) < 4.78 is 5.53. The third kappa shape index (κ3) is 4.78. The van der Waals surface area contributed by atoms with Crippen molar-refractivity contribution in [2.45, 2.75) is 32.0 Å². The first-order chi connectivity index (χ1) is 9.25. The lowest BCUT2D eigenvalue weighted by Crippen LogP contribution is -2.46. The van der Waals surface area contributed by atoms with Crippen molar-refractivity contribution in [2.75, 3.05) is 26.2 Å². The lowest BCUT2D eigenvalue weighted by Gasteiger charge is -2.34. The molecule has 0 aliphatic carbocycles. The van der Waals surface area contributed by atoms with Gasteiger partial charge in [-0.2, -0.15) is 0 Å². The second kappa shape index (κ2) is 7.43. The maximum absolute atomic E-state index is 9.48. The van der Waals surface area contributed by atoms with Crippen molar-refractivity contribution in [3.8, 4) is 5.88 Å². The van der Waals surface area contributed by atoms with Gasteiger partial charge in [-0.15, -0.1) is 0 Å². The molecule has 1 saturated heterocycles. The van der Waals surface area contributed by atoms with E-state index in [0.29, 0.717) is 18.5 Å². The van der Waals surface area contributed by atoms with Crippen LogP contribution in [0.3, 0.4) is 0 Å². The number of aliphatic hydroxyl groups is 1. The van der Waals surface area contributed by atoms with Crippen LogP contribution in [0.2, 0.25) is 0 Å². The highest BCUT2D eigenvalue weighted by molar-refractivity contribution is 5.08. The molecule has 19 heavy (non-hydrogen) atoms. The van der Waals surface area contributed by atoms with Gasteiger partial charge in [0.25, 0.3) is 0 Å². The monoisotopic (exact) mass is 265 g/mol. The van der Waals surface area contributed by atoms with Crippen molar-refractivity contribution in [1.29, 1.82) is 0 Å². The van der Waals surface area contributed by atoms with Gasteiger partial charge in [-0.05, 0) is 25.8 Å². The standard InChI is InChI=1S/C14H23N3O2/c1-12(18)17-9-5-13(6-10-17)15-8-11-19-14-4-2-3-7-16-14/h2-4,7,12-13,15,18H,5-6,8-11H2,1H3. The third-order valence-corrected chi connectivity index (χ3v) is 3.48. The van der Waals surface area contributed by atoms with Gasteiger partial charge in [0, 0.05) is 37.9 Å². The van der Waals surface area contributed by atoms with E-state index in [1.807, 2.05) is 25.1 Å². The first-order valence-electron chi connectivity index (χ1n) is 6.95. The zero-order valence-corrected chi connectivity index (χ0v) is 11.5. The second-order valence-electron chi connectivity index (χ2n) is 4.91. The molecule has 0 saturated carbocycles. The molecule has 1 fully saturated rings. The molecule has 1 aromatic heterocycles. The molecule has 0 radical (unpaired) electrons. The number of aliphatic hydroxyl groups excluding tert-OH is 1. The minimum Gasteiger partial charge on any atom is -0.476 e. The number of pyridine rings is 1. The van der Waals surface area contributed by atoms with Gasteiger partial charge in [0.2, 0.25) is 5.88 Å². The van der Waals surface area contributed by atoms with Gasteiger partial charge in [-0.3, -0.25) is 4.90 Å². The number of nitrogens with one attached hydrogen (secondary N) is 1. The highest BCUT2D eigenvalue weighted by Crippen LogP contribution is 2.11. The Labute approximate surface area is 114 Å². The molecule has 1 unspecified atom stereocenters. The van der Waals surface area contributed by atoms with Crippen LogP contribution in [0, 0.1) is 0 Å². The van der Waals surface area contributed by atoms with Crippen LogP contribution in [-0.2, 0) is 0 Å². The summed E-state index contributed by atoms with van der Waals surface area (Å²) in [6.07, 6.45) is 3.56. The number of piperidine rings is 1. The molecule has 2 rings (SSSR count). The summed E-state index contributed by atoms with van der Waals surface area (Å²) >= 11 is 0. The van der Waals surface area contributed by atoms with Crippen LogP contribution in [0.4, 0.5) is 0 Å². The Morgan fingerprint density at radius 1 is 1.47 bits per heavy atom. The van der Waals surface area contributed by atoms with Crippen molar-refractivity contribution in [3.05, 3.63) is 24.4 Å². The Morgan fingerprint density at radius 3 is 2.89 bits per heavy atom. The normalized spacial score (nSPS) is 19.3. The molecule has 0 aromatic carbocycles. The zero-order valence-electron chi connectivity index (χ0n) is 11.5. The molecule has 1 aliphatic heterocycles. The van der Waals surface area contributed by atoms with Crippen molar-refractivity contribution < 1.29 is 9.84 Å². The minimum absolute atomic E-state index is 0.326. The van der Waals surface area contributed by atoms with Crippen LogP contribution >= 0.6 is 0 Å². The summed E-state index contributed by atoms with van der Waals surface area (Å²) in [5.41, 5.74) is 0. The fraction of sp³-hybridized carbons (Fsp3) is 0.643. The number of ether oxygens (including phenoxy) is 1. The Hall–Kier alpha value is -1.17. The smallest absolute Gasteiger partial charge is 0.213 e. The predicted molar refractivity (Wildman–Crippen MR) is 74.0 cm³/mol. The molecule has 5 nitrogen and oxygen atoms in total. The highest BCUT2D eigenvalue weighted by Gasteiger charge is 2.20. The van der Waals surface area contributed by atoms with Gasteiger partial charge in [0.15, 0.2) is 0 Å². The van der Waals surface area contributed by atoms with Gasteiger partial charge in [0.05, 0.1) is 0 Å². The fourth-order valence-corrected chi connectivity index (χ4v) is 2.33. The summed E-state index contributed by atoms with van der Waals surface area (Å²) in [6.45, 7) is 5.20. The van der Waals surface area contributed by atoms with Gasteiger partial charge < -0.3 is 15.2 Å². The molecule has 106 valence electrons. The average Bonchev–Trinajstić information content (AvgIpc) is 2.45. The van der Waals surface area contributed by atoms with E-state index in [4.69, 9.17) is 4.74 Å². The van der Waals surface area contributed by atoms with Crippen LogP contribution in [-0.4, -0.2) is 53.5 Å². The van der Waals surface area contributed by atoms with E-state index in [1.54, 1.807) is 6.20 Å². The molecule has 1 aliphatic rings. The average molecular weight is 265 g/mol. The summed E-state index contributed by atoms with van der Waals surface area (Å²) in [4.78, 5) is 6.21. The molecule has 0 amide bonds. The quantitative estimate of drug-likeness (QED) is 0.747. The maximum Gasteiger partial charge on any atom is 0.213 e. The van der Waals surface area contributed by atoms with Gasteiger partial charge in [0.1, 0.15) is 12.8 Å². The van der Waals surface area contributed by atoms with Crippen molar-refractivity contribution >= 4 is 0 Å². The zero-order chi connectivity index (χ0) is 13.5. The molecular formula is C14H23N3O2. The number of likely N-dealkylation sites (tertiary alicyclic amines) is 1. The molecule has 5 heteroatoms. The number of hydrogen-bond donors (Lipinski definition) is 2. The van der Waals surface area contributed by atoms with E-state index in [2.05, 4.69) is 15.2 Å². The first kappa shape index (κ1) is 14.2. The Balaban J connectivity index is 1.57. The van der Waals surface area contributed by atoms with Crippen LogP contribution in [0.15, 0.2) is 24.4 Å². The maximum atomic E-state index is 9.48. The lowest BCUT2D eigenvalue weighted by atomic mass is 10.1. The molecule has 1 aromatic rings. The van der Waals surface area contributed by atoms with Gasteiger partial charge in [-0.25, -0.2) is 4.98 Å². The SMILES string of the molecule is CC(O)N1CCC(NCCOc2ccccn2)CC1. The van der Waals surface area contributed by atoms with E-state index in [-0.39, 0.29) is 6.23 Å². The summed E-state index contributed by atoms with van der Waals surface area (Å²) in [5, 5.41) is 13.0. The number of aromatic nitrogens is 1. The summed E-state index contributed by atoms with van der Waals surface area (Å²) in [7, 11) is 0. The fourth-order valence-electron chi connectivity index (χ4n) is 2.33. The molecule has 0 spiro atoms. The number of rotatable bonds is 6. The van der Waals surface area contributed by atoms with Crippen LogP contribution in [0.25, 0.3) is 0 Å². The van der Waals surface area contributed by atoms with Crippen molar-refractivity contribution in [1.82, 2.24) is 15.2 Å². The van der Waals surface area contributed by atoms with E-state index in [0.717, 1.165) is 32.5 Å². The van der Waals surface area contributed by atoms with Crippen LogP contribution in [0.5, 0.6) is 5.88 Å². The molecule has 0 bridgehead atoms. The first-order valence-corrected chi connectivity index (χ1v) is 6.95. The van der Waals surface area contributed by atoms with E-state index >= 15 is 0 Å². The summed E-state index contributed by atoms with van der Waals surface area (Å²) in [5.74, 6) is 0.674. The van der Waals surface area contributed by atoms with Crippen molar-refractivity contribution in [2.24, 2.45) is 0 Å². The highest BCUT2D eigenvalue weighted by atomic mass is 16.5. The summed E-state index contributed by atoms with van der Waals surface area (Å²) in [6, 6.07) is 6.19. The number of nitrogens with zero attached hydrogens (tertiary/aromatic N) is 2. The lowest BCUT2D eigenvalue weighted by molar-refractivity contribution is 0.000932. The minimum atomic E-state index is -0.326. The van der Waals surface area contributed by atoms with E-state index in [9.17, 15) is 5.11 Å². The van der Waals surface area contributed by atoms with Crippen LogP contribution in [0.1, 0.15) is 19.8 Å². The third-order valence-electron chi connectivity index (χ3n) is 3.48.